The summed E-state index contributed by atoms with van der Waals surface area (Å²) in [5.74, 6) is 2.91. The van der Waals surface area contributed by atoms with Crippen molar-refractivity contribution in [2.45, 2.75) is 63.6 Å². The highest BCUT2D eigenvalue weighted by Crippen LogP contribution is 2.38. The number of benzene rings is 1. The molecule has 0 amide bonds. The van der Waals surface area contributed by atoms with E-state index in [1.54, 1.807) is 0 Å². The molecule has 1 saturated carbocycles. The summed E-state index contributed by atoms with van der Waals surface area (Å²) < 4.78 is 6.26. The summed E-state index contributed by atoms with van der Waals surface area (Å²) in [6, 6.07) is 13.7. The van der Waals surface area contributed by atoms with E-state index in [2.05, 4.69) is 21.9 Å². The fourth-order valence-corrected chi connectivity index (χ4v) is 6.00. The maximum atomic E-state index is 6.26. The standard InChI is InChI=1S/C24H31ClN2O/c25-20-10-8-18(9-11-20)23-13-12-21(28-23)17-27-16-15-26-14-4-7-22(26)24(27)19-5-2-1-3-6-19/h8-13,19,22,24H,1-7,14-17H2/t22-,24-/m1/s1. The maximum absolute atomic E-state index is 6.26. The molecule has 1 aromatic carbocycles. The summed E-state index contributed by atoms with van der Waals surface area (Å²) in [5, 5.41) is 0.764. The van der Waals surface area contributed by atoms with Crippen molar-refractivity contribution >= 4 is 11.6 Å². The molecule has 2 atom stereocenters. The maximum Gasteiger partial charge on any atom is 0.134 e. The van der Waals surface area contributed by atoms with Crippen LogP contribution in [-0.2, 0) is 6.54 Å². The molecule has 2 aliphatic heterocycles. The lowest BCUT2D eigenvalue weighted by molar-refractivity contribution is -0.00696. The average molecular weight is 399 g/mol. The first-order valence-electron chi connectivity index (χ1n) is 11.1. The number of piperazine rings is 1. The molecule has 0 N–H and O–H groups in total. The summed E-state index contributed by atoms with van der Waals surface area (Å²) in [6.45, 7) is 4.65. The minimum Gasteiger partial charge on any atom is -0.460 e. The van der Waals surface area contributed by atoms with Crippen molar-refractivity contribution in [2.75, 3.05) is 19.6 Å². The second kappa shape index (κ2) is 8.22. The van der Waals surface area contributed by atoms with Gasteiger partial charge in [-0.1, -0.05) is 30.9 Å². The number of furan rings is 1. The van der Waals surface area contributed by atoms with Gasteiger partial charge in [-0.05, 0) is 74.5 Å². The van der Waals surface area contributed by atoms with Crippen molar-refractivity contribution in [1.29, 1.82) is 0 Å². The quantitative estimate of drug-likeness (QED) is 0.646. The van der Waals surface area contributed by atoms with E-state index in [1.807, 2.05) is 24.3 Å². The largest absolute Gasteiger partial charge is 0.460 e. The molecular formula is C24H31ClN2O. The van der Waals surface area contributed by atoms with Crippen LogP contribution < -0.4 is 0 Å². The van der Waals surface area contributed by atoms with Crippen molar-refractivity contribution in [1.82, 2.24) is 9.80 Å². The molecule has 3 aliphatic rings. The average Bonchev–Trinajstić information content (AvgIpc) is 3.39. The monoisotopic (exact) mass is 398 g/mol. The smallest absolute Gasteiger partial charge is 0.134 e. The Morgan fingerprint density at radius 2 is 1.68 bits per heavy atom. The molecule has 28 heavy (non-hydrogen) atoms. The van der Waals surface area contributed by atoms with Gasteiger partial charge in [0, 0.05) is 35.8 Å². The molecule has 3 nitrogen and oxygen atoms in total. The van der Waals surface area contributed by atoms with E-state index in [1.165, 1.54) is 64.6 Å². The summed E-state index contributed by atoms with van der Waals surface area (Å²) in [5.41, 5.74) is 1.10. The van der Waals surface area contributed by atoms with Gasteiger partial charge in [0.2, 0.25) is 0 Å². The molecule has 150 valence electrons. The van der Waals surface area contributed by atoms with Gasteiger partial charge in [0.05, 0.1) is 6.54 Å². The Balaban J connectivity index is 1.34. The molecule has 1 aliphatic carbocycles. The topological polar surface area (TPSA) is 19.6 Å². The summed E-state index contributed by atoms with van der Waals surface area (Å²) in [7, 11) is 0. The first-order chi connectivity index (χ1) is 13.8. The fraction of sp³-hybridized carbons (Fsp3) is 0.583. The molecule has 3 fully saturated rings. The van der Waals surface area contributed by atoms with E-state index in [0.717, 1.165) is 40.6 Å². The highest BCUT2D eigenvalue weighted by Gasteiger charge is 2.43. The van der Waals surface area contributed by atoms with E-state index < -0.39 is 0 Å². The van der Waals surface area contributed by atoms with Gasteiger partial charge in [0.15, 0.2) is 0 Å². The zero-order chi connectivity index (χ0) is 18.9. The van der Waals surface area contributed by atoms with Gasteiger partial charge >= 0.3 is 0 Å². The third kappa shape index (κ3) is 3.77. The molecule has 0 spiro atoms. The highest BCUT2D eigenvalue weighted by molar-refractivity contribution is 6.30. The van der Waals surface area contributed by atoms with Crippen LogP contribution in [0.3, 0.4) is 0 Å². The highest BCUT2D eigenvalue weighted by atomic mass is 35.5. The zero-order valence-electron chi connectivity index (χ0n) is 16.7. The molecule has 2 aromatic rings. The Morgan fingerprint density at radius 1 is 0.857 bits per heavy atom. The second-order valence-electron chi connectivity index (χ2n) is 8.88. The predicted molar refractivity (Wildman–Crippen MR) is 115 cm³/mol. The van der Waals surface area contributed by atoms with Crippen molar-refractivity contribution in [2.24, 2.45) is 5.92 Å². The number of rotatable bonds is 4. The predicted octanol–water partition coefficient (Wildman–Crippen LogP) is 5.83. The first-order valence-corrected chi connectivity index (χ1v) is 11.5. The van der Waals surface area contributed by atoms with Gasteiger partial charge < -0.3 is 4.42 Å². The molecule has 4 heteroatoms. The molecule has 0 bridgehead atoms. The van der Waals surface area contributed by atoms with Crippen LogP contribution in [0, 0.1) is 5.92 Å². The number of halogens is 1. The lowest BCUT2D eigenvalue weighted by Gasteiger charge is -2.49. The van der Waals surface area contributed by atoms with Crippen LogP contribution in [-0.4, -0.2) is 41.5 Å². The number of hydrogen-bond donors (Lipinski definition) is 0. The van der Waals surface area contributed by atoms with Crippen LogP contribution in [0.5, 0.6) is 0 Å². The van der Waals surface area contributed by atoms with Crippen LogP contribution in [0.15, 0.2) is 40.8 Å². The van der Waals surface area contributed by atoms with Crippen LogP contribution >= 0.6 is 11.6 Å². The van der Waals surface area contributed by atoms with Gasteiger partial charge in [-0.3, -0.25) is 9.80 Å². The van der Waals surface area contributed by atoms with Gasteiger partial charge in [-0.2, -0.15) is 0 Å². The minimum atomic E-state index is 0.709. The van der Waals surface area contributed by atoms with Crippen molar-refractivity contribution in [3.63, 3.8) is 0 Å². The van der Waals surface area contributed by atoms with Crippen LogP contribution in [0.4, 0.5) is 0 Å². The number of fused-ring (bicyclic) bond motifs is 1. The Bertz CT molecular complexity index is 780. The van der Waals surface area contributed by atoms with Gasteiger partial charge in [0.1, 0.15) is 11.5 Å². The SMILES string of the molecule is Clc1ccc(-c2ccc(CN3CCN4CCC[C@@H]4[C@H]3C3CCCCC3)o2)cc1. The second-order valence-corrected chi connectivity index (χ2v) is 9.31. The van der Waals surface area contributed by atoms with Crippen molar-refractivity contribution < 1.29 is 4.42 Å². The van der Waals surface area contributed by atoms with Gasteiger partial charge in [0.25, 0.3) is 0 Å². The first kappa shape index (κ1) is 18.7. The van der Waals surface area contributed by atoms with Crippen molar-refractivity contribution in [3.8, 4) is 11.3 Å². The van der Waals surface area contributed by atoms with Crippen LogP contribution in [0.25, 0.3) is 11.3 Å². The lowest BCUT2D eigenvalue weighted by atomic mass is 9.78. The summed E-state index contributed by atoms with van der Waals surface area (Å²) in [6.07, 6.45) is 9.86. The van der Waals surface area contributed by atoms with E-state index >= 15 is 0 Å². The zero-order valence-corrected chi connectivity index (χ0v) is 17.4. The number of hydrogen-bond acceptors (Lipinski definition) is 3. The third-order valence-corrected chi connectivity index (χ3v) is 7.44. The molecule has 5 rings (SSSR count). The Labute approximate surface area is 173 Å². The third-order valence-electron chi connectivity index (χ3n) is 7.19. The number of nitrogens with zero attached hydrogens (tertiary/aromatic N) is 2. The fourth-order valence-electron chi connectivity index (χ4n) is 5.87. The molecular weight excluding hydrogens is 368 g/mol. The van der Waals surface area contributed by atoms with E-state index in [-0.39, 0.29) is 0 Å². The van der Waals surface area contributed by atoms with Gasteiger partial charge in [-0.15, -0.1) is 0 Å². The van der Waals surface area contributed by atoms with Crippen LogP contribution in [0.2, 0.25) is 5.02 Å². The van der Waals surface area contributed by atoms with Crippen LogP contribution in [0.1, 0.15) is 50.7 Å². The lowest BCUT2D eigenvalue weighted by Crippen LogP contribution is -2.59. The summed E-state index contributed by atoms with van der Waals surface area (Å²) >= 11 is 6.03. The normalized spacial score (nSPS) is 27.2. The van der Waals surface area contributed by atoms with Gasteiger partial charge in [-0.25, -0.2) is 0 Å². The van der Waals surface area contributed by atoms with E-state index in [0.29, 0.717) is 6.04 Å². The van der Waals surface area contributed by atoms with E-state index in [4.69, 9.17) is 16.0 Å². The summed E-state index contributed by atoms with van der Waals surface area (Å²) in [4.78, 5) is 5.53. The Morgan fingerprint density at radius 3 is 2.50 bits per heavy atom. The van der Waals surface area contributed by atoms with Crippen molar-refractivity contribution in [3.05, 3.63) is 47.2 Å². The molecule has 0 unspecified atom stereocenters. The molecule has 1 aromatic heterocycles. The molecule has 2 saturated heterocycles. The minimum absolute atomic E-state index is 0.709. The molecule has 3 heterocycles. The van der Waals surface area contributed by atoms with E-state index in [9.17, 15) is 0 Å². The Hall–Kier alpha value is -1.29. The molecule has 0 radical (unpaired) electrons. The Kier molecular flexibility index (Phi) is 5.49.